The van der Waals surface area contributed by atoms with E-state index < -0.39 is 4.92 Å². The standard InChI is InChI=1S/C18H13ClN4O3S/c19-13-4-6-14(7-5-13)20-17(24)11-27-18-9-8-16(21-22-18)12-2-1-3-15(10-12)23(25)26/h1-10H,11H2,(H,20,24). The number of amides is 1. The Morgan fingerprint density at radius 3 is 2.56 bits per heavy atom. The third-order valence-corrected chi connectivity index (χ3v) is 4.64. The van der Waals surface area contributed by atoms with Gasteiger partial charge in [-0.05, 0) is 36.4 Å². The first-order valence-electron chi connectivity index (χ1n) is 7.78. The first-order valence-corrected chi connectivity index (χ1v) is 9.14. The molecule has 27 heavy (non-hydrogen) atoms. The quantitative estimate of drug-likeness (QED) is 0.373. The van der Waals surface area contributed by atoms with Crippen LogP contribution in [0.25, 0.3) is 11.3 Å². The summed E-state index contributed by atoms with van der Waals surface area (Å²) in [5.41, 5.74) is 1.78. The summed E-state index contributed by atoms with van der Waals surface area (Å²) in [5.74, 6) is -0.000113. The number of nitro groups is 1. The Morgan fingerprint density at radius 1 is 1.11 bits per heavy atom. The number of benzene rings is 2. The molecular formula is C18H13ClN4O3S. The van der Waals surface area contributed by atoms with Crippen LogP contribution in [-0.2, 0) is 4.79 Å². The number of hydrogen-bond donors (Lipinski definition) is 1. The van der Waals surface area contributed by atoms with E-state index in [2.05, 4.69) is 15.5 Å². The van der Waals surface area contributed by atoms with Crippen molar-refractivity contribution in [1.82, 2.24) is 10.2 Å². The minimum Gasteiger partial charge on any atom is -0.325 e. The van der Waals surface area contributed by atoms with Crippen molar-refractivity contribution in [1.29, 1.82) is 0 Å². The molecule has 7 nitrogen and oxygen atoms in total. The second kappa shape index (κ2) is 8.61. The summed E-state index contributed by atoms with van der Waals surface area (Å²) in [4.78, 5) is 22.4. The summed E-state index contributed by atoms with van der Waals surface area (Å²) in [7, 11) is 0. The van der Waals surface area contributed by atoms with Crippen molar-refractivity contribution >= 4 is 40.6 Å². The van der Waals surface area contributed by atoms with Crippen LogP contribution in [0.4, 0.5) is 11.4 Å². The lowest BCUT2D eigenvalue weighted by Gasteiger charge is -2.05. The number of rotatable bonds is 6. The lowest BCUT2D eigenvalue weighted by molar-refractivity contribution is -0.384. The molecule has 0 saturated heterocycles. The molecule has 0 aliphatic heterocycles. The van der Waals surface area contributed by atoms with E-state index in [-0.39, 0.29) is 17.3 Å². The summed E-state index contributed by atoms with van der Waals surface area (Å²) >= 11 is 7.05. The molecule has 3 aromatic rings. The highest BCUT2D eigenvalue weighted by atomic mass is 35.5. The third-order valence-electron chi connectivity index (χ3n) is 3.47. The van der Waals surface area contributed by atoms with Gasteiger partial charge in [0, 0.05) is 28.4 Å². The molecule has 3 rings (SSSR count). The number of anilines is 1. The van der Waals surface area contributed by atoms with Crippen LogP contribution >= 0.6 is 23.4 Å². The highest BCUT2D eigenvalue weighted by Crippen LogP contribution is 2.23. The molecule has 0 atom stereocenters. The van der Waals surface area contributed by atoms with Crippen LogP contribution in [0.2, 0.25) is 5.02 Å². The van der Waals surface area contributed by atoms with E-state index in [0.717, 1.165) is 0 Å². The predicted octanol–water partition coefficient (Wildman–Crippen LogP) is 4.44. The van der Waals surface area contributed by atoms with E-state index in [0.29, 0.717) is 27.0 Å². The number of non-ortho nitro benzene ring substituents is 1. The summed E-state index contributed by atoms with van der Waals surface area (Å²) < 4.78 is 0. The molecule has 136 valence electrons. The lowest BCUT2D eigenvalue weighted by Crippen LogP contribution is -2.14. The minimum absolute atomic E-state index is 0.00776. The Kier molecular flexibility index (Phi) is 6.00. The van der Waals surface area contributed by atoms with Gasteiger partial charge in [0.1, 0.15) is 5.03 Å². The van der Waals surface area contributed by atoms with Gasteiger partial charge in [0.05, 0.1) is 16.4 Å². The minimum atomic E-state index is -0.458. The fourth-order valence-electron chi connectivity index (χ4n) is 2.20. The van der Waals surface area contributed by atoms with Crippen molar-refractivity contribution in [2.24, 2.45) is 0 Å². The second-order valence-electron chi connectivity index (χ2n) is 5.41. The van der Waals surface area contributed by atoms with E-state index in [1.54, 1.807) is 48.5 Å². The molecule has 0 aliphatic rings. The fourth-order valence-corrected chi connectivity index (χ4v) is 2.94. The van der Waals surface area contributed by atoms with E-state index >= 15 is 0 Å². The number of hydrogen-bond acceptors (Lipinski definition) is 6. The largest absolute Gasteiger partial charge is 0.325 e. The molecule has 0 fully saturated rings. The van der Waals surface area contributed by atoms with Gasteiger partial charge in [-0.3, -0.25) is 14.9 Å². The molecule has 0 saturated carbocycles. The van der Waals surface area contributed by atoms with Gasteiger partial charge >= 0.3 is 0 Å². The van der Waals surface area contributed by atoms with Crippen LogP contribution in [0.15, 0.2) is 65.7 Å². The lowest BCUT2D eigenvalue weighted by atomic mass is 10.1. The Morgan fingerprint density at radius 2 is 1.89 bits per heavy atom. The molecule has 1 amide bonds. The van der Waals surface area contributed by atoms with E-state index in [1.807, 2.05) is 0 Å². The zero-order chi connectivity index (χ0) is 19.2. The summed E-state index contributed by atoms with van der Waals surface area (Å²) in [6.07, 6.45) is 0. The number of halogens is 1. The Balaban J connectivity index is 1.59. The van der Waals surface area contributed by atoms with Crippen molar-refractivity contribution in [3.63, 3.8) is 0 Å². The fraction of sp³-hybridized carbons (Fsp3) is 0.0556. The summed E-state index contributed by atoms with van der Waals surface area (Å²) in [6.45, 7) is 0. The first-order chi connectivity index (χ1) is 13.0. The Hall–Kier alpha value is -2.97. The Bertz CT molecular complexity index is 965. The van der Waals surface area contributed by atoms with Gasteiger partial charge in [-0.15, -0.1) is 10.2 Å². The summed E-state index contributed by atoms with van der Waals surface area (Å²) in [5, 5.41) is 22.9. The van der Waals surface area contributed by atoms with Crippen LogP contribution in [0.5, 0.6) is 0 Å². The highest BCUT2D eigenvalue weighted by molar-refractivity contribution is 7.99. The average molecular weight is 401 g/mol. The predicted molar refractivity (Wildman–Crippen MR) is 105 cm³/mol. The molecule has 2 aromatic carbocycles. The van der Waals surface area contributed by atoms with Gasteiger partial charge < -0.3 is 5.32 Å². The zero-order valence-electron chi connectivity index (χ0n) is 13.8. The van der Waals surface area contributed by atoms with Gasteiger partial charge in [-0.2, -0.15) is 0 Å². The normalized spacial score (nSPS) is 10.4. The smallest absolute Gasteiger partial charge is 0.270 e. The maximum absolute atomic E-state index is 12.0. The average Bonchev–Trinajstić information content (AvgIpc) is 2.69. The van der Waals surface area contributed by atoms with Gasteiger partial charge in [-0.25, -0.2) is 0 Å². The SMILES string of the molecule is O=C(CSc1ccc(-c2cccc([N+](=O)[O-])c2)nn1)Nc1ccc(Cl)cc1. The molecule has 0 unspecified atom stereocenters. The van der Waals surface area contributed by atoms with Crippen molar-refractivity contribution < 1.29 is 9.72 Å². The maximum atomic E-state index is 12.0. The molecule has 1 N–H and O–H groups in total. The zero-order valence-corrected chi connectivity index (χ0v) is 15.4. The molecule has 1 heterocycles. The van der Waals surface area contributed by atoms with Crippen molar-refractivity contribution in [3.05, 3.63) is 75.8 Å². The van der Waals surface area contributed by atoms with Crippen LogP contribution in [0, 0.1) is 10.1 Å². The van der Waals surface area contributed by atoms with Crippen LogP contribution in [0.3, 0.4) is 0 Å². The van der Waals surface area contributed by atoms with E-state index in [1.165, 1.54) is 23.9 Å². The van der Waals surface area contributed by atoms with Crippen LogP contribution in [-0.4, -0.2) is 26.8 Å². The second-order valence-corrected chi connectivity index (χ2v) is 6.84. The molecule has 0 radical (unpaired) electrons. The number of carbonyl (C=O) groups is 1. The molecule has 0 spiro atoms. The van der Waals surface area contributed by atoms with E-state index in [9.17, 15) is 14.9 Å². The number of nitro benzene ring substituents is 1. The van der Waals surface area contributed by atoms with Crippen LogP contribution < -0.4 is 5.32 Å². The first kappa shape index (κ1) is 18.8. The number of thioether (sulfide) groups is 1. The molecule has 1 aromatic heterocycles. The number of carbonyl (C=O) groups excluding carboxylic acids is 1. The Labute approximate surface area is 163 Å². The van der Waals surface area contributed by atoms with Gasteiger partial charge in [0.25, 0.3) is 5.69 Å². The number of nitrogens with one attached hydrogen (secondary N) is 1. The molecule has 0 aliphatic carbocycles. The van der Waals surface area contributed by atoms with E-state index in [4.69, 9.17) is 11.6 Å². The molecule has 0 bridgehead atoms. The highest BCUT2D eigenvalue weighted by Gasteiger charge is 2.09. The maximum Gasteiger partial charge on any atom is 0.270 e. The number of aromatic nitrogens is 2. The van der Waals surface area contributed by atoms with Crippen molar-refractivity contribution in [3.8, 4) is 11.3 Å². The van der Waals surface area contributed by atoms with Crippen molar-refractivity contribution in [2.75, 3.05) is 11.1 Å². The van der Waals surface area contributed by atoms with Gasteiger partial charge in [0.15, 0.2) is 0 Å². The van der Waals surface area contributed by atoms with Gasteiger partial charge in [0.2, 0.25) is 5.91 Å². The number of nitrogens with zero attached hydrogens (tertiary/aromatic N) is 3. The molecular weight excluding hydrogens is 388 g/mol. The molecule has 9 heteroatoms. The van der Waals surface area contributed by atoms with Crippen LogP contribution in [0.1, 0.15) is 0 Å². The topological polar surface area (TPSA) is 98.0 Å². The third kappa shape index (κ3) is 5.25. The van der Waals surface area contributed by atoms with Gasteiger partial charge in [-0.1, -0.05) is 35.5 Å². The van der Waals surface area contributed by atoms with Crippen molar-refractivity contribution in [2.45, 2.75) is 5.03 Å². The summed E-state index contributed by atoms with van der Waals surface area (Å²) in [6, 6.07) is 16.5. The monoisotopic (exact) mass is 400 g/mol.